The van der Waals surface area contributed by atoms with Crippen LogP contribution in [0.4, 0.5) is 0 Å². The van der Waals surface area contributed by atoms with Gasteiger partial charge in [0.05, 0.1) is 26.2 Å². The maximum Gasteiger partial charge on any atom is 0.317 e. The fourth-order valence-electron chi connectivity index (χ4n) is 1.48. The number of aliphatic carboxylic acids is 6. The van der Waals surface area contributed by atoms with E-state index in [4.69, 9.17) is 40.2 Å². The Bertz CT molecular complexity index is 464. The molecule has 0 radical (unpaired) electrons. The van der Waals surface area contributed by atoms with Gasteiger partial charge >= 0.3 is 23.9 Å². The Balaban J connectivity index is -0.000000294. The molecule has 170 valence electrons. The van der Waals surface area contributed by atoms with Crippen LogP contribution in [0.3, 0.4) is 0 Å². The minimum atomic E-state index is -1.23. The Morgan fingerprint density at radius 2 is 0.655 bits per heavy atom. The smallest absolute Gasteiger partial charge is 0.317 e. The molecule has 0 aliphatic carbocycles. The van der Waals surface area contributed by atoms with Crippen molar-refractivity contribution in [3.8, 4) is 0 Å². The molecule has 0 aromatic carbocycles. The van der Waals surface area contributed by atoms with Gasteiger partial charge in [0.25, 0.3) is 11.9 Å². The molecule has 0 aliphatic heterocycles. The molecule has 15 nitrogen and oxygen atoms in total. The van der Waals surface area contributed by atoms with E-state index < -0.39 is 62.0 Å². The maximum atomic E-state index is 10.6. The Kier molecular flexibility index (Phi) is 22.3. The summed E-state index contributed by atoms with van der Waals surface area (Å²) in [5, 5.41) is 49.3. The summed E-state index contributed by atoms with van der Waals surface area (Å²) in [7, 11) is 0. The fourth-order valence-corrected chi connectivity index (χ4v) is 1.48. The van der Waals surface area contributed by atoms with Crippen LogP contribution < -0.4 is 6.15 Å². The fraction of sp³-hybridized carbons (Fsp3) is 0.571. The van der Waals surface area contributed by atoms with Gasteiger partial charge < -0.3 is 36.8 Å². The summed E-state index contributed by atoms with van der Waals surface area (Å²) >= 11 is 0. The molecule has 0 spiro atoms. The van der Waals surface area contributed by atoms with Gasteiger partial charge in [-0.25, -0.2) is 0 Å². The van der Waals surface area contributed by atoms with Crippen LogP contribution in [0, 0.1) is 0 Å². The van der Waals surface area contributed by atoms with Crippen LogP contribution in [-0.2, 0) is 28.8 Å². The molecule has 0 saturated carbocycles. The van der Waals surface area contributed by atoms with Crippen molar-refractivity contribution in [1.29, 1.82) is 0 Å². The van der Waals surface area contributed by atoms with E-state index in [-0.39, 0.29) is 19.2 Å². The summed E-state index contributed by atoms with van der Waals surface area (Å²) in [6.45, 7) is -0.0839. The first-order valence-electron chi connectivity index (χ1n) is 7.38. The van der Waals surface area contributed by atoms with Gasteiger partial charge in [0.15, 0.2) is 0 Å². The van der Waals surface area contributed by atoms with E-state index in [0.717, 1.165) is 23.6 Å². The van der Waals surface area contributed by atoms with Crippen molar-refractivity contribution in [2.45, 2.75) is 13.8 Å². The summed E-state index contributed by atoms with van der Waals surface area (Å²) < 4.78 is 0. The second kappa shape index (κ2) is 19.5. The first-order valence-corrected chi connectivity index (χ1v) is 7.38. The minimum absolute atomic E-state index is 0. The molecular weight excluding hydrogens is 402 g/mol. The average molecular weight is 429 g/mol. The minimum Gasteiger partial charge on any atom is -0.481 e. The lowest BCUT2D eigenvalue weighted by molar-refractivity contribution is -0.145. The summed E-state index contributed by atoms with van der Waals surface area (Å²) in [5.41, 5.74) is 0. The van der Waals surface area contributed by atoms with E-state index in [1.54, 1.807) is 0 Å². The third-order valence-corrected chi connectivity index (χ3v) is 2.17. The van der Waals surface area contributed by atoms with Gasteiger partial charge in [-0.2, -0.15) is 0 Å². The van der Waals surface area contributed by atoms with Crippen LogP contribution in [0.25, 0.3) is 0 Å². The molecule has 0 atom stereocenters. The van der Waals surface area contributed by atoms with Gasteiger partial charge in [-0.1, -0.05) is 0 Å². The zero-order valence-electron chi connectivity index (χ0n) is 16.0. The van der Waals surface area contributed by atoms with Gasteiger partial charge in [0.2, 0.25) is 0 Å². The highest BCUT2D eigenvalue weighted by atomic mass is 16.4. The van der Waals surface area contributed by atoms with E-state index in [1.807, 2.05) is 0 Å². The predicted molar refractivity (Wildman–Crippen MR) is 95.1 cm³/mol. The van der Waals surface area contributed by atoms with E-state index in [9.17, 15) is 19.2 Å². The molecule has 0 aliphatic rings. The molecule has 0 heterocycles. The first-order chi connectivity index (χ1) is 12.7. The lowest BCUT2D eigenvalue weighted by Crippen LogP contribution is -2.43. The van der Waals surface area contributed by atoms with Crippen molar-refractivity contribution in [3.05, 3.63) is 0 Å². The molecule has 0 fully saturated rings. The van der Waals surface area contributed by atoms with Crippen molar-refractivity contribution in [2.24, 2.45) is 0 Å². The van der Waals surface area contributed by atoms with Crippen molar-refractivity contribution >= 4 is 35.8 Å². The van der Waals surface area contributed by atoms with Crippen LogP contribution >= 0.6 is 0 Å². The third kappa shape index (κ3) is 40.6. The molecule has 0 unspecified atom stereocenters. The monoisotopic (exact) mass is 429 g/mol. The van der Waals surface area contributed by atoms with Gasteiger partial charge in [-0.3, -0.25) is 38.6 Å². The van der Waals surface area contributed by atoms with Gasteiger partial charge in [-0.15, -0.1) is 0 Å². The number of rotatable bonds is 11. The first kappa shape index (κ1) is 33.3. The molecule has 0 amide bonds. The van der Waals surface area contributed by atoms with Crippen LogP contribution in [0.1, 0.15) is 13.8 Å². The van der Waals surface area contributed by atoms with Crippen LogP contribution in [0.2, 0.25) is 0 Å². The lowest BCUT2D eigenvalue weighted by atomic mass is 10.4. The highest BCUT2D eigenvalue weighted by molar-refractivity contribution is 5.73. The van der Waals surface area contributed by atoms with E-state index in [2.05, 4.69) is 0 Å². The maximum absolute atomic E-state index is 10.6. The summed E-state index contributed by atoms with van der Waals surface area (Å²) in [6.07, 6.45) is 0. The second-order valence-electron chi connectivity index (χ2n) is 5.03. The topological polar surface area (TPSA) is 265 Å². The van der Waals surface area contributed by atoms with Crippen LogP contribution in [0.5, 0.6) is 0 Å². The zero-order valence-corrected chi connectivity index (χ0v) is 16.0. The van der Waals surface area contributed by atoms with E-state index >= 15 is 0 Å². The van der Waals surface area contributed by atoms with Gasteiger partial charge in [-0.05, 0) is 0 Å². The van der Waals surface area contributed by atoms with Gasteiger partial charge in [0, 0.05) is 26.9 Å². The van der Waals surface area contributed by atoms with Crippen molar-refractivity contribution in [2.75, 3.05) is 39.3 Å². The highest BCUT2D eigenvalue weighted by Gasteiger charge is 2.17. The summed E-state index contributed by atoms with van der Waals surface area (Å²) in [6, 6.07) is 0. The largest absolute Gasteiger partial charge is 0.481 e. The number of carboxylic acids is 6. The number of hydrogen-bond acceptors (Lipinski definition) is 9. The molecule has 0 saturated heterocycles. The van der Waals surface area contributed by atoms with Crippen LogP contribution in [-0.4, -0.2) is 116 Å². The van der Waals surface area contributed by atoms with E-state index in [0.29, 0.717) is 0 Å². The molecule has 0 bridgehead atoms. The van der Waals surface area contributed by atoms with E-state index in [1.165, 1.54) is 0 Å². The number of nitrogens with zero attached hydrogens (tertiary/aromatic N) is 2. The zero-order chi connectivity index (χ0) is 22.9. The van der Waals surface area contributed by atoms with Crippen LogP contribution in [0.15, 0.2) is 0 Å². The SMILES string of the molecule is CC(=O)O.CC(=O)O.N.O=C(O)CN(CCN(CC(=O)O)CC(=O)O)CC(=O)O. The Hall–Kier alpha value is -3.30. The normalized spacial score (nSPS) is 9.10. The third-order valence-electron chi connectivity index (χ3n) is 2.17. The van der Waals surface area contributed by atoms with Crippen molar-refractivity contribution < 1.29 is 59.4 Å². The molecule has 29 heavy (non-hydrogen) atoms. The number of hydrogen-bond donors (Lipinski definition) is 7. The molecule has 0 rings (SSSR count). The lowest BCUT2D eigenvalue weighted by Gasteiger charge is -2.23. The predicted octanol–water partition coefficient (Wildman–Crippen LogP) is -1.73. The highest BCUT2D eigenvalue weighted by Crippen LogP contribution is 1.94. The molecule has 9 N–H and O–H groups in total. The standard InChI is InChI=1S/C10H16N2O8.2C2H4O2.H3N/c13-7(14)3-11(4-8(15)16)1-2-12(5-9(17)18)6-10(19)20;2*1-2(3)4;/h1-6H2,(H,13,14)(H,15,16)(H,17,18)(H,19,20);2*1H3,(H,3,4);1H3. The quantitative estimate of drug-likeness (QED) is 0.192. The Morgan fingerprint density at radius 3 is 0.759 bits per heavy atom. The average Bonchev–Trinajstić information content (AvgIpc) is 2.40. The van der Waals surface area contributed by atoms with Crippen molar-refractivity contribution in [3.63, 3.8) is 0 Å². The van der Waals surface area contributed by atoms with Crippen molar-refractivity contribution in [1.82, 2.24) is 16.0 Å². The number of carbonyl (C=O) groups is 6. The Morgan fingerprint density at radius 1 is 0.517 bits per heavy atom. The molecule has 0 aromatic rings. The summed E-state index contributed by atoms with van der Waals surface area (Å²) in [5.74, 6) is -6.58. The molecular formula is C14H27N3O12. The molecule has 0 aromatic heterocycles. The molecule has 15 heteroatoms. The van der Waals surface area contributed by atoms with Gasteiger partial charge in [0.1, 0.15) is 0 Å². The summed E-state index contributed by atoms with van der Waals surface area (Å²) in [4.78, 5) is 62.4. The Labute approximate surface area is 165 Å². The number of carboxylic acid groups (broad SMARTS) is 6. The second-order valence-corrected chi connectivity index (χ2v) is 5.03.